The van der Waals surface area contributed by atoms with Gasteiger partial charge in [-0.2, -0.15) is 0 Å². The fraction of sp³-hybridized carbons (Fsp3) is 1.00. The Kier molecular flexibility index (Phi) is 4.71. The van der Waals surface area contributed by atoms with Gasteiger partial charge in [-0.25, -0.2) is 0 Å². The standard InChI is InChI=1S/C21H37NO3/c1-5-22(4)6-7-23-8-9-24-10-11-25-20-14-17-12-19(16(2)3)13-18(15-20)21(17,19)20/h16-18H,5-15H2,1-4H3. The topological polar surface area (TPSA) is 30.9 Å². The molecule has 4 fully saturated rings. The highest BCUT2D eigenvalue weighted by Gasteiger charge is 2.94. The van der Waals surface area contributed by atoms with Gasteiger partial charge in [-0.05, 0) is 62.4 Å². The molecule has 0 bridgehead atoms. The average molecular weight is 352 g/mol. The van der Waals surface area contributed by atoms with Gasteiger partial charge in [0.1, 0.15) is 0 Å². The van der Waals surface area contributed by atoms with Gasteiger partial charge in [-0.15, -0.1) is 0 Å². The van der Waals surface area contributed by atoms with Crippen LogP contribution in [0.2, 0.25) is 0 Å². The summed E-state index contributed by atoms with van der Waals surface area (Å²) in [7, 11) is 2.12. The summed E-state index contributed by atoms with van der Waals surface area (Å²) in [5, 5.41) is 0. The van der Waals surface area contributed by atoms with Crippen LogP contribution < -0.4 is 0 Å². The molecule has 0 radical (unpaired) electrons. The third-order valence-corrected chi connectivity index (χ3v) is 8.48. The van der Waals surface area contributed by atoms with Crippen LogP contribution in [-0.4, -0.2) is 63.7 Å². The summed E-state index contributed by atoms with van der Waals surface area (Å²) in [5.74, 6) is 2.79. The van der Waals surface area contributed by atoms with E-state index in [0.717, 1.165) is 44.1 Å². The highest BCUT2D eigenvalue weighted by Crippen LogP contribution is 2.96. The van der Waals surface area contributed by atoms with Gasteiger partial charge in [0.25, 0.3) is 0 Å². The van der Waals surface area contributed by atoms with E-state index in [9.17, 15) is 0 Å². The average Bonchev–Trinajstić information content (AvgIpc) is 2.52. The Morgan fingerprint density at radius 3 is 2.08 bits per heavy atom. The summed E-state index contributed by atoms with van der Waals surface area (Å²) in [4.78, 5) is 2.25. The molecule has 25 heavy (non-hydrogen) atoms. The van der Waals surface area contributed by atoms with Gasteiger partial charge in [0.15, 0.2) is 0 Å². The molecule has 4 saturated carbocycles. The fourth-order valence-electron chi connectivity index (χ4n) is 7.31. The van der Waals surface area contributed by atoms with Crippen LogP contribution in [0.25, 0.3) is 0 Å². The van der Waals surface area contributed by atoms with Crippen LogP contribution in [0, 0.1) is 28.6 Å². The van der Waals surface area contributed by atoms with Crippen LogP contribution in [-0.2, 0) is 14.2 Å². The lowest BCUT2D eigenvalue weighted by Gasteiger charge is -2.95. The molecule has 1 spiro atoms. The predicted molar refractivity (Wildman–Crippen MR) is 98.6 cm³/mol. The zero-order valence-corrected chi connectivity index (χ0v) is 16.7. The van der Waals surface area contributed by atoms with Gasteiger partial charge in [-0.3, -0.25) is 0 Å². The summed E-state index contributed by atoms with van der Waals surface area (Å²) >= 11 is 0. The molecular weight excluding hydrogens is 314 g/mol. The van der Waals surface area contributed by atoms with E-state index in [1.165, 1.54) is 25.7 Å². The summed E-state index contributed by atoms with van der Waals surface area (Å²) < 4.78 is 17.8. The molecule has 4 aliphatic rings. The van der Waals surface area contributed by atoms with Gasteiger partial charge >= 0.3 is 0 Å². The first-order chi connectivity index (χ1) is 12.0. The van der Waals surface area contributed by atoms with Gasteiger partial charge < -0.3 is 19.1 Å². The number of ether oxygens (including phenoxy) is 3. The second-order valence-electron chi connectivity index (χ2n) is 9.35. The van der Waals surface area contributed by atoms with Crippen LogP contribution in [0.15, 0.2) is 0 Å². The molecule has 0 aromatic rings. The van der Waals surface area contributed by atoms with Crippen molar-refractivity contribution in [2.24, 2.45) is 28.6 Å². The van der Waals surface area contributed by atoms with Crippen molar-refractivity contribution in [2.75, 3.05) is 53.2 Å². The molecule has 0 saturated heterocycles. The molecule has 4 aliphatic carbocycles. The van der Waals surface area contributed by atoms with Crippen molar-refractivity contribution in [3.05, 3.63) is 0 Å². The smallest absolute Gasteiger partial charge is 0.0756 e. The van der Waals surface area contributed by atoms with E-state index in [1.807, 2.05) is 0 Å². The van der Waals surface area contributed by atoms with E-state index in [4.69, 9.17) is 14.2 Å². The maximum atomic E-state index is 6.47. The van der Waals surface area contributed by atoms with Crippen LogP contribution >= 0.6 is 0 Å². The minimum atomic E-state index is 0.244. The summed E-state index contributed by atoms with van der Waals surface area (Å²) in [6, 6.07) is 0. The Morgan fingerprint density at radius 1 is 0.920 bits per heavy atom. The van der Waals surface area contributed by atoms with Gasteiger partial charge in [0.05, 0.1) is 38.6 Å². The SMILES string of the molecule is CCN(C)CCOCCOCCOC12CC3CC4(C(C)C)CC(C1)C324. The number of hydrogen-bond donors (Lipinski definition) is 0. The Morgan fingerprint density at radius 2 is 1.52 bits per heavy atom. The third kappa shape index (κ3) is 2.27. The highest BCUT2D eigenvalue weighted by molar-refractivity contribution is 5.42. The van der Waals surface area contributed by atoms with E-state index in [1.54, 1.807) is 0 Å². The molecule has 144 valence electrons. The second-order valence-corrected chi connectivity index (χ2v) is 9.35. The maximum absolute atomic E-state index is 6.47. The predicted octanol–water partition coefficient (Wildman–Crippen LogP) is 3.20. The highest BCUT2D eigenvalue weighted by atomic mass is 16.6. The lowest BCUT2D eigenvalue weighted by molar-refractivity contribution is -0.508. The van der Waals surface area contributed by atoms with Crippen LogP contribution in [0.4, 0.5) is 0 Å². The molecule has 0 N–H and O–H groups in total. The second kappa shape index (κ2) is 6.47. The zero-order chi connectivity index (χ0) is 17.7. The molecular formula is C21H37NO3. The number of likely N-dealkylation sites (N-methyl/N-ethyl adjacent to an activating group) is 1. The molecule has 0 aliphatic heterocycles. The minimum Gasteiger partial charge on any atom is -0.378 e. The van der Waals surface area contributed by atoms with Gasteiger partial charge in [-0.1, -0.05) is 20.8 Å². The number of nitrogens with zero attached hydrogens (tertiary/aromatic N) is 1. The first kappa shape index (κ1) is 18.2. The molecule has 0 aromatic heterocycles. The van der Waals surface area contributed by atoms with E-state index >= 15 is 0 Å². The fourth-order valence-corrected chi connectivity index (χ4v) is 7.31. The first-order valence-electron chi connectivity index (χ1n) is 10.5. The van der Waals surface area contributed by atoms with Crippen molar-refractivity contribution in [3.8, 4) is 0 Å². The summed E-state index contributed by atoms with van der Waals surface area (Å²) in [6.45, 7) is 12.7. The summed E-state index contributed by atoms with van der Waals surface area (Å²) in [5.41, 5.74) is 1.48. The first-order valence-corrected chi connectivity index (χ1v) is 10.5. The zero-order valence-electron chi connectivity index (χ0n) is 16.7. The van der Waals surface area contributed by atoms with Crippen LogP contribution in [0.3, 0.4) is 0 Å². The van der Waals surface area contributed by atoms with E-state index in [-0.39, 0.29) is 5.60 Å². The van der Waals surface area contributed by atoms with Crippen LogP contribution in [0.5, 0.6) is 0 Å². The van der Waals surface area contributed by atoms with Crippen molar-refractivity contribution in [1.82, 2.24) is 4.90 Å². The van der Waals surface area contributed by atoms with Crippen molar-refractivity contribution < 1.29 is 14.2 Å². The van der Waals surface area contributed by atoms with E-state index < -0.39 is 0 Å². The number of rotatable bonds is 12. The van der Waals surface area contributed by atoms with Gasteiger partial charge in [0.2, 0.25) is 0 Å². The Balaban J connectivity index is 1.10. The van der Waals surface area contributed by atoms with E-state index in [2.05, 4.69) is 32.7 Å². The van der Waals surface area contributed by atoms with E-state index in [0.29, 0.717) is 30.7 Å². The molecule has 0 amide bonds. The molecule has 0 aromatic carbocycles. The van der Waals surface area contributed by atoms with Gasteiger partial charge in [0, 0.05) is 12.0 Å². The lowest BCUT2D eigenvalue weighted by atomic mass is 9.10. The monoisotopic (exact) mass is 351 g/mol. The minimum absolute atomic E-state index is 0.244. The van der Waals surface area contributed by atoms with Crippen molar-refractivity contribution in [3.63, 3.8) is 0 Å². The number of hydrogen-bond acceptors (Lipinski definition) is 4. The summed E-state index contributed by atoms with van der Waals surface area (Å²) in [6.07, 6.45) is 5.61. The molecule has 4 rings (SSSR count). The normalized spacial score (nSPS) is 43.0. The van der Waals surface area contributed by atoms with Crippen molar-refractivity contribution in [2.45, 2.75) is 52.1 Å². The Hall–Kier alpha value is -0.160. The molecule has 0 heterocycles. The lowest BCUT2D eigenvalue weighted by Crippen LogP contribution is -2.94. The third-order valence-electron chi connectivity index (χ3n) is 8.48. The molecule has 2 unspecified atom stereocenters. The quantitative estimate of drug-likeness (QED) is 0.505. The molecule has 4 heteroatoms. The van der Waals surface area contributed by atoms with Crippen LogP contribution in [0.1, 0.15) is 46.5 Å². The Labute approximate surface area is 153 Å². The largest absolute Gasteiger partial charge is 0.378 e. The van der Waals surface area contributed by atoms with Crippen molar-refractivity contribution >= 4 is 0 Å². The van der Waals surface area contributed by atoms with Crippen molar-refractivity contribution in [1.29, 1.82) is 0 Å². The molecule has 4 nitrogen and oxygen atoms in total. The Bertz CT molecular complexity index is 476. The maximum Gasteiger partial charge on any atom is 0.0756 e. The molecule has 2 atom stereocenters.